The first-order valence-corrected chi connectivity index (χ1v) is 10.1. The molecule has 31 heavy (non-hydrogen) atoms. The Morgan fingerprint density at radius 2 is 1.84 bits per heavy atom. The van der Waals surface area contributed by atoms with E-state index in [1.807, 2.05) is 24.5 Å². The van der Waals surface area contributed by atoms with Crippen molar-refractivity contribution in [2.45, 2.75) is 45.6 Å². The van der Waals surface area contributed by atoms with Gasteiger partial charge in [0.2, 0.25) is 0 Å². The number of benzene rings is 1. The third-order valence-electron chi connectivity index (χ3n) is 5.53. The Balaban J connectivity index is 1.61. The summed E-state index contributed by atoms with van der Waals surface area (Å²) in [6, 6.07) is 10.9. The number of nitriles is 2. The molecule has 1 aromatic carbocycles. The minimum atomic E-state index is -0.734. The molecule has 1 heterocycles. The smallest absolute Gasteiger partial charge is 0.344 e. The van der Waals surface area contributed by atoms with Crippen molar-refractivity contribution in [3.8, 4) is 17.9 Å². The maximum atomic E-state index is 12.5. The molecule has 8 heteroatoms. The first kappa shape index (κ1) is 21.9. The number of hydrogen-bond donors (Lipinski definition) is 1. The van der Waals surface area contributed by atoms with E-state index >= 15 is 0 Å². The zero-order valence-corrected chi connectivity index (χ0v) is 17.6. The first-order chi connectivity index (χ1) is 15.0. The molecule has 8 nitrogen and oxygen atoms in total. The molecule has 0 radical (unpaired) electrons. The van der Waals surface area contributed by atoms with Gasteiger partial charge in [0.15, 0.2) is 13.2 Å². The number of nitrogens with zero attached hydrogens (tertiary/aromatic N) is 3. The van der Waals surface area contributed by atoms with Crippen molar-refractivity contribution in [3.05, 3.63) is 46.6 Å². The number of carbonyl (C=O) groups excluding carboxylic acids is 2. The maximum absolute atomic E-state index is 12.5. The number of para-hydroxylation sites is 1. The summed E-state index contributed by atoms with van der Waals surface area (Å²) in [5, 5.41) is 21.4. The lowest BCUT2D eigenvalue weighted by molar-refractivity contribution is -0.149. The minimum Gasteiger partial charge on any atom is -0.481 e. The molecule has 2 aromatic rings. The molecular weight excluding hydrogens is 396 g/mol. The quantitative estimate of drug-likeness (QED) is 0.685. The highest BCUT2D eigenvalue weighted by Gasteiger charge is 2.26. The number of hydrogen-bond acceptors (Lipinski definition) is 6. The van der Waals surface area contributed by atoms with Crippen LogP contribution in [-0.2, 0) is 14.3 Å². The van der Waals surface area contributed by atoms with Crippen LogP contribution >= 0.6 is 0 Å². The SMILES string of the molecule is Cc1c(C#N)c(NC(=O)COC(=O)COc2ccccc2C#N)n(C2CCCC2)c1C. The fourth-order valence-electron chi connectivity index (χ4n) is 3.88. The van der Waals surface area contributed by atoms with Crippen LogP contribution in [0.2, 0.25) is 0 Å². The molecule has 1 aliphatic rings. The molecule has 1 amide bonds. The van der Waals surface area contributed by atoms with Crippen LogP contribution in [0.25, 0.3) is 0 Å². The molecule has 0 spiro atoms. The van der Waals surface area contributed by atoms with Crippen molar-refractivity contribution in [2.75, 3.05) is 18.5 Å². The number of aromatic nitrogens is 1. The van der Waals surface area contributed by atoms with E-state index in [0.717, 1.165) is 36.9 Å². The van der Waals surface area contributed by atoms with Gasteiger partial charge in [0, 0.05) is 11.7 Å². The molecule has 0 unspecified atom stereocenters. The molecule has 1 fully saturated rings. The van der Waals surface area contributed by atoms with Crippen LogP contribution in [0, 0.1) is 36.5 Å². The summed E-state index contributed by atoms with van der Waals surface area (Å²) in [5.41, 5.74) is 2.53. The van der Waals surface area contributed by atoms with Gasteiger partial charge in [0.25, 0.3) is 5.91 Å². The van der Waals surface area contributed by atoms with Crippen molar-refractivity contribution < 1.29 is 19.1 Å². The van der Waals surface area contributed by atoms with Crippen LogP contribution in [0.5, 0.6) is 5.75 Å². The average Bonchev–Trinajstić information content (AvgIpc) is 3.38. The monoisotopic (exact) mass is 420 g/mol. The van der Waals surface area contributed by atoms with Crippen molar-refractivity contribution in [3.63, 3.8) is 0 Å². The fraction of sp³-hybridized carbons (Fsp3) is 0.391. The molecule has 1 aromatic heterocycles. The van der Waals surface area contributed by atoms with Gasteiger partial charge in [-0.05, 0) is 44.4 Å². The van der Waals surface area contributed by atoms with E-state index in [-0.39, 0.29) is 11.8 Å². The van der Waals surface area contributed by atoms with Gasteiger partial charge < -0.3 is 19.4 Å². The number of esters is 1. The number of amides is 1. The number of nitrogens with one attached hydrogen (secondary N) is 1. The van der Waals surface area contributed by atoms with Crippen LogP contribution in [0.15, 0.2) is 24.3 Å². The second kappa shape index (κ2) is 9.82. The molecule has 0 aliphatic heterocycles. The number of ether oxygens (including phenoxy) is 2. The second-order valence-electron chi connectivity index (χ2n) is 7.46. The van der Waals surface area contributed by atoms with Crippen LogP contribution in [0.1, 0.15) is 54.1 Å². The van der Waals surface area contributed by atoms with E-state index < -0.39 is 25.1 Å². The maximum Gasteiger partial charge on any atom is 0.344 e. The molecular formula is C23H24N4O4. The average molecular weight is 420 g/mol. The molecule has 0 atom stereocenters. The highest BCUT2D eigenvalue weighted by atomic mass is 16.6. The van der Waals surface area contributed by atoms with Crippen molar-refractivity contribution in [2.24, 2.45) is 0 Å². The van der Waals surface area contributed by atoms with E-state index in [4.69, 9.17) is 14.7 Å². The van der Waals surface area contributed by atoms with Crippen molar-refractivity contribution >= 4 is 17.7 Å². The molecule has 160 valence electrons. The summed E-state index contributed by atoms with van der Waals surface area (Å²) in [7, 11) is 0. The molecule has 3 rings (SSSR count). The van der Waals surface area contributed by atoms with Gasteiger partial charge >= 0.3 is 5.97 Å². The van der Waals surface area contributed by atoms with Gasteiger partial charge in [-0.1, -0.05) is 25.0 Å². The zero-order chi connectivity index (χ0) is 22.4. The summed E-state index contributed by atoms with van der Waals surface area (Å²) >= 11 is 0. The van der Waals surface area contributed by atoms with E-state index in [1.54, 1.807) is 24.3 Å². The van der Waals surface area contributed by atoms with E-state index in [2.05, 4.69) is 11.4 Å². The summed E-state index contributed by atoms with van der Waals surface area (Å²) in [6.07, 6.45) is 4.23. The Kier molecular flexibility index (Phi) is 6.94. The second-order valence-corrected chi connectivity index (χ2v) is 7.46. The highest BCUT2D eigenvalue weighted by Crippen LogP contribution is 2.37. The summed E-state index contributed by atoms with van der Waals surface area (Å²) in [5.74, 6) is -0.531. The predicted molar refractivity (Wildman–Crippen MR) is 112 cm³/mol. The van der Waals surface area contributed by atoms with Crippen molar-refractivity contribution in [1.82, 2.24) is 4.57 Å². The topological polar surface area (TPSA) is 117 Å². The fourth-order valence-corrected chi connectivity index (χ4v) is 3.88. The Hall–Kier alpha value is -3.78. The molecule has 1 saturated carbocycles. The number of carbonyl (C=O) groups is 2. The van der Waals surface area contributed by atoms with E-state index in [0.29, 0.717) is 16.9 Å². The van der Waals surface area contributed by atoms with E-state index in [9.17, 15) is 14.9 Å². The lowest BCUT2D eigenvalue weighted by Crippen LogP contribution is -2.25. The Morgan fingerprint density at radius 1 is 1.13 bits per heavy atom. The largest absolute Gasteiger partial charge is 0.481 e. The van der Waals surface area contributed by atoms with Gasteiger partial charge in [0.1, 0.15) is 23.7 Å². The van der Waals surface area contributed by atoms with Gasteiger partial charge in [0.05, 0.1) is 11.1 Å². The standard InChI is InChI=1S/C23H24N4O4/c1-15-16(2)27(18-8-4-5-9-18)23(19(15)12-25)26-21(28)13-31-22(29)14-30-20-10-6-3-7-17(20)11-24/h3,6-7,10,18H,4-5,8-9,13-14H2,1-2H3,(H,26,28). The summed E-state index contributed by atoms with van der Waals surface area (Å²) in [6.45, 7) is 2.89. The number of anilines is 1. The Labute approximate surface area is 181 Å². The minimum absolute atomic E-state index is 0.243. The van der Waals surface area contributed by atoms with Crippen LogP contribution < -0.4 is 10.1 Å². The first-order valence-electron chi connectivity index (χ1n) is 10.1. The summed E-state index contributed by atoms with van der Waals surface area (Å²) < 4.78 is 12.3. The lowest BCUT2D eigenvalue weighted by atomic mass is 10.2. The summed E-state index contributed by atoms with van der Waals surface area (Å²) in [4.78, 5) is 24.4. The van der Waals surface area contributed by atoms with Crippen LogP contribution in [-0.4, -0.2) is 29.7 Å². The Bertz CT molecular complexity index is 1070. The van der Waals surface area contributed by atoms with Crippen molar-refractivity contribution in [1.29, 1.82) is 10.5 Å². The van der Waals surface area contributed by atoms with Gasteiger partial charge in [-0.15, -0.1) is 0 Å². The third kappa shape index (κ3) is 4.87. The lowest BCUT2D eigenvalue weighted by Gasteiger charge is -2.19. The molecule has 0 bridgehead atoms. The third-order valence-corrected chi connectivity index (χ3v) is 5.53. The van der Waals surface area contributed by atoms with Gasteiger partial charge in [-0.2, -0.15) is 10.5 Å². The predicted octanol–water partition coefficient (Wildman–Crippen LogP) is 3.52. The van der Waals surface area contributed by atoms with Gasteiger partial charge in [-0.3, -0.25) is 4.79 Å². The zero-order valence-electron chi connectivity index (χ0n) is 17.6. The normalized spacial score (nSPS) is 13.3. The molecule has 0 saturated heterocycles. The molecule has 1 N–H and O–H groups in total. The Morgan fingerprint density at radius 3 is 2.52 bits per heavy atom. The van der Waals surface area contributed by atoms with E-state index in [1.165, 1.54) is 0 Å². The molecule has 1 aliphatic carbocycles. The number of rotatable bonds is 7. The van der Waals surface area contributed by atoms with Crippen LogP contribution in [0.4, 0.5) is 5.82 Å². The highest BCUT2D eigenvalue weighted by molar-refractivity contribution is 5.93. The van der Waals surface area contributed by atoms with Gasteiger partial charge in [-0.25, -0.2) is 4.79 Å². The van der Waals surface area contributed by atoms with Crippen LogP contribution in [0.3, 0.4) is 0 Å².